The minimum Gasteiger partial charge on any atom is -0.206 e. The minimum absolute atomic E-state index is 0.208. The van der Waals surface area contributed by atoms with Crippen LogP contribution in [0.2, 0.25) is 0 Å². The second kappa shape index (κ2) is 8.15. The van der Waals surface area contributed by atoms with Gasteiger partial charge in [-0.3, -0.25) is 0 Å². The molecule has 2 aliphatic carbocycles. The van der Waals surface area contributed by atoms with Crippen LogP contribution in [0.25, 0.3) is 0 Å². The van der Waals surface area contributed by atoms with Gasteiger partial charge in [0.2, 0.25) is 0 Å². The van der Waals surface area contributed by atoms with Crippen LogP contribution in [0.1, 0.15) is 81.4 Å². The molecule has 2 heteroatoms. The molecule has 0 heterocycles. The first-order chi connectivity index (χ1) is 11.7. The highest BCUT2D eigenvalue weighted by Crippen LogP contribution is 2.41. The minimum atomic E-state index is -0.337. The van der Waals surface area contributed by atoms with Crippen LogP contribution in [0.4, 0.5) is 4.39 Å². The molecule has 1 nitrogen and oxygen atoms in total. The normalized spacial score (nSPS) is 26.6. The number of unbranched alkanes of at least 4 members (excludes halogenated alkanes) is 2. The second-order valence-corrected chi connectivity index (χ2v) is 7.99. The molecule has 0 aliphatic heterocycles. The number of halogens is 1. The van der Waals surface area contributed by atoms with Gasteiger partial charge in [0.1, 0.15) is 11.9 Å². The largest absolute Gasteiger partial charge is 0.206 e. The van der Waals surface area contributed by atoms with Crippen molar-refractivity contribution in [2.45, 2.75) is 77.6 Å². The van der Waals surface area contributed by atoms with Crippen LogP contribution in [0.3, 0.4) is 0 Å². The van der Waals surface area contributed by atoms with Crippen molar-refractivity contribution in [1.82, 2.24) is 0 Å². The molecule has 3 rings (SSSR count). The number of hydrogen-bond donors (Lipinski definition) is 0. The Bertz CT molecular complexity index is 593. The zero-order valence-corrected chi connectivity index (χ0v) is 15.0. The lowest BCUT2D eigenvalue weighted by atomic mass is 9.69. The Morgan fingerprint density at radius 2 is 1.83 bits per heavy atom. The summed E-state index contributed by atoms with van der Waals surface area (Å²) in [5, 5.41) is 8.99. The number of fused-ring (bicyclic) bond motifs is 1. The van der Waals surface area contributed by atoms with Gasteiger partial charge in [0.25, 0.3) is 0 Å². The molecule has 1 fully saturated rings. The predicted molar refractivity (Wildman–Crippen MR) is 96.2 cm³/mol. The topological polar surface area (TPSA) is 23.8 Å². The van der Waals surface area contributed by atoms with Crippen molar-refractivity contribution < 1.29 is 4.39 Å². The number of nitrogens with zero attached hydrogens (tertiary/aromatic N) is 1. The van der Waals surface area contributed by atoms with E-state index in [2.05, 4.69) is 6.92 Å². The number of rotatable bonds is 5. The van der Waals surface area contributed by atoms with E-state index >= 15 is 0 Å². The molecule has 24 heavy (non-hydrogen) atoms. The fraction of sp³-hybridized carbons (Fsp3) is 0.682. The van der Waals surface area contributed by atoms with E-state index in [-0.39, 0.29) is 11.4 Å². The number of benzene rings is 1. The zero-order valence-electron chi connectivity index (χ0n) is 15.0. The van der Waals surface area contributed by atoms with Gasteiger partial charge < -0.3 is 0 Å². The quantitative estimate of drug-likeness (QED) is 0.592. The molecule has 0 radical (unpaired) electrons. The van der Waals surface area contributed by atoms with E-state index in [4.69, 9.17) is 5.26 Å². The van der Waals surface area contributed by atoms with Crippen molar-refractivity contribution in [3.05, 3.63) is 34.6 Å². The van der Waals surface area contributed by atoms with E-state index in [0.717, 1.165) is 36.2 Å². The van der Waals surface area contributed by atoms with Gasteiger partial charge in [-0.1, -0.05) is 45.4 Å². The van der Waals surface area contributed by atoms with Crippen LogP contribution in [0.15, 0.2) is 12.1 Å². The average molecular weight is 327 g/mol. The number of hydrogen-bond acceptors (Lipinski definition) is 1. The summed E-state index contributed by atoms with van der Waals surface area (Å²) in [4.78, 5) is 0. The SMILES string of the molecule is CCCCCC1CCC(C2CCc3cc(C#N)c(F)cc3C2)CC1. The lowest BCUT2D eigenvalue weighted by Crippen LogP contribution is -2.26. The molecular formula is C22H30FN. The van der Waals surface area contributed by atoms with Gasteiger partial charge >= 0.3 is 0 Å². The van der Waals surface area contributed by atoms with Crippen molar-refractivity contribution in [2.75, 3.05) is 0 Å². The summed E-state index contributed by atoms with van der Waals surface area (Å²) >= 11 is 0. The molecule has 0 saturated heterocycles. The first kappa shape index (κ1) is 17.5. The van der Waals surface area contributed by atoms with Gasteiger partial charge in [-0.2, -0.15) is 5.26 Å². The summed E-state index contributed by atoms with van der Waals surface area (Å²) in [6, 6.07) is 5.39. The molecule has 1 aromatic carbocycles. The summed E-state index contributed by atoms with van der Waals surface area (Å²) in [6.45, 7) is 2.28. The van der Waals surface area contributed by atoms with Gasteiger partial charge in [0.05, 0.1) is 5.56 Å². The van der Waals surface area contributed by atoms with Crippen molar-refractivity contribution in [1.29, 1.82) is 5.26 Å². The summed E-state index contributed by atoms with van der Waals surface area (Å²) < 4.78 is 13.9. The molecule has 0 amide bonds. The Labute approximate surface area is 146 Å². The van der Waals surface area contributed by atoms with Crippen LogP contribution in [-0.2, 0) is 12.8 Å². The average Bonchev–Trinajstić information content (AvgIpc) is 2.61. The first-order valence-electron chi connectivity index (χ1n) is 9.92. The Kier molecular flexibility index (Phi) is 5.93. The molecule has 0 spiro atoms. The molecule has 1 unspecified atom stereocenters. The van der Waals surface area contributed by atoms with Crippen molar-refractivity contribution in [2.24, 2.45) is 17.8 Å². The monoisotopic (exact) mass is 327 g/mol. The van der Waals surface area contributed by atoms with Crippen LogP contribution < -0.4 is 0 Å². The zero-order chi connectivity index (χ0) is 16.9. The van der Waals surface area contributed by atoms with Gasteiger partial charge in [0, 0.05) is 0 Å². The van der Waals surface area contributed by atoms with E-state index in [1.807, 2.05) is 6.07 Å². The Morgan fingerprint density at radius 3 is 2.54 bits per heavy atom. The van der Waals surface area contributed by atoms with Crippen molar-refractivity contribution in [3.8, 4) is 6.07 Å². The predicted octanol–water partition coefficient (Wildman–Crippen LogP) is 6.19. The fourth-order valence-electron chi connectivity index (χ4n) is 4.93. The van der Waals surface area contributed by atoms with Crippen LogP contribution in [0.5, 0.6) is 0 Å². The highest BCUT2D eigenvalue weighted by Gasteiger charge is 2.30. The standard InChI is InChI=1S/C22H30FN/c1-2-3-4-5-16-6-8-17(9-7-16)18-10-11-19-13-21(15-24)22(23)14-20(19)12-18/h13-14,16-18H,2-12H2,1H3. The maximum absolute atomic E-state index is 13.9. The molecule has 130 valence electrons. The van der Waals surface area contributed by atoms with Crippen molar-refractivity contribution >= 4 is 0 Å². The third-order valence-electron chi connectivity index (χ3n) is 6.45. The third kappa shape index (κ3) is 4.00. The fourth-order valence-corrected chi connectivity index (χ4v) is 4.93. The molecule has 2 aliphatic rings. The highest BCUT2D eigenvalue weighted by atomic mass is 19.1. The third-order valence-corrected chi connectivity index (χ3v) is 6.45. The maximum Gasteiger partial charge on any atom is 0.141 e. The van der Waals surface area contributed by atoms with E-state index in [1.165, 1.54) is 63.4 Å². The molecule has 1 aromatic rings. The molecular weight excluding hydrogens is 297 g/mol. The van der Waals surface area contributed by atoms with Crippen LogP contribution >= 0.6 is 0 Å². The number of nitriles is 1. The lowest BCUT2D eigenvalue weighted by Gasteiger charge is -2.36. The van der Waals surface area contributed by atoms with E-state index in [9.17, 15) is 4.39 Å². The highest BCUT2D eigenvalue weighted by molar-refractivity contribution is 5.40. The lowest BCUT2D eigenvalue weighted by molar-refractivity contribution is 0.183. The number of aryl methyl sites for hydroxylation is 1. The van der Waals surface area contributed by atoms with E-state index in [0.29, 0.717) is 0 Å². The molecule has 0 N–H and O–H groups in total. The maximum atomic E-state index is 13.9. The molecule has 1 atom stereocenters. The van der Waals surface area contributed by atoms with Crippen LogP contribution in [-0.4, -0.2) is 0 Å². The van der Waals surface area contributed by atoms with Crippen molar-refractivity contribution in [3.63, 3.8) is 0 Å². The smallest absolute Gasteiger partial charge is 0.141 e. The molecule has 1 saturated carbocycles. The summed E-state index contributed by atoms with van der Waals surface area (Å²) in [5.41, 5.74) is 2.57. The van der Waals surface area contributed by atoms with Gasteiger partial charge in [-0.25, -0.2) is 4.39 Å². The van der Waals surface area contributed by atoms with Gasteiger partial charge in [-0.15, -0.1) is 0 Å². The second-order valence-electron chi connectivity index (χ2n) is 7.99. The Hall–Kier alpha value is -1.36. The van der Waals surface area contributed by atoms with Crippen LogP contribution in [0, 0.1) is 34.9 Å². The van der Waals surface area contributed by atoms with Gasteiger partial charge in [0.15, 0.2) is 0 Å². The summed E-state index contributed by atoms with van der Waals surface area (Å²) in [5.74, 6) is 2.18. The molecule has 0 aromatic heterocycles. The van der Waals surface area contributed by atoms with E-state index < -0.39 is 0 Å². The Morgan fingerprint density at radius 1 is 1.04 bits per heavy atom. The summed E-state index contributed by atoms with van der Waals surface area (Å²) in [6.07, 6.45) is 14.3. The van der Waals surface area contributed by atoms with Gasteiger partial charge in [-0.05, 0) is 73.1 Å². The molecule has 0 bridgehead atoms. The van der Waals surface area contributed by atoms with E-state index in [1.54, 1.807) is 12.1 Å². The Balaban J connectivity index is 1.55. The summed E-state index contributed by atoms with van der Waals surface area (Å²) in [7, 11) is 0. The first-order valence-corrected chi connectivity index (χ1v) is 9.92.